The van der Waals surface area contributed by atoms with Crippen LogP contribution < -0.4 is 5.32 Å². The van der Waals surface area contributed by atoms with E-state index in [2.05, 4.69) is 15.3 Å². The highest BCUT2D eigenvalue weighted by atomic mass is 15.0. The van der Waals surface area contributed by atoms with E-state index in [1.165, 1.54) is 24.8 Å². The standard InChI is InChI=1S/C9H13N3/c1-2-4-8-6-10-7-12-9(8)11-5-3-1/h6-7H,1-5H2,(H,10,11,12). The first kappa shape index (κ1) is 7.53. The number of hydrogen-bond donors (Lipinski definition) is 1. The highest BCUT2D eigenvalue weighted by molar-refractivity contribution is 5.42. The van der Waals surface area contributed by atoms with Gasteiger partial charge in [0.05, 0.1) is 0 Å². The number of hydrogen-bond acceptors (Lipinski definition) is 3. The van der Waals surface area contributed by atoms with Crippen LogP contribution in [0, 0.1) is 0 Å². The molecule has 3 nitrogen and oxygen atoms in total. The third-order valence-electron chi connectivity index (χ3n) is 2.20. The SMILES string of the molecule is c1ncc2c(n1)NCCCCC2. The third-order valence-corrected chi connectivity index (χ3v) is 2.20. The summed E-state index contributed by atoms with van der Waals surface area (Å²) in [4.78, 5) is 8.22. The number of nitrogens with one attached hydrogen (secondary N) is 1. The van der Waals surface area contributed by atoms with Crippen LogP contribution in [0.2, 0.25) is 0 Å². The molecule has 0 amide bonds. The fourth-order valence-corrected chi connectivity index (χ4v) is 1.52. The molecule has 0 bridgehead atoms. The quantitative estimate of drug-likeness (QED) is 0.631. The number of aromatic nitrogens is 2. The molecule has 0 radical (unpaired) electrons. The summed E-state index contributed by atoms with van der Waals surface area (Å²) >= 11 is 0. The Bertz CT molecular complexity index is 233. The molecule has 3 heteroatoms. The maximum Gasteiger partial charge on any atom is 0.132 e. The number of fused-ring (bicyclic) bond motifs is 1. The van der Waals surface area contributed by atoms with Crippen molar-refractivity contribution in [2.24, 2.45) is 0 Å². The van der Waals surface area contributed by atoms with Crippen molar-refractivity contribution in [1.29, 1.82) is 0 Å². The van der Waals surface area contributed by atoms with Crippen molar-refractivity contribution < 1.29 is 0 Å². The van der Waals surface area contributed by atoms with Crippen LogP contribution in [0.25, 0.3) is 0 Å². The van der Waals surface area contributed by atoms with E-state index in [0.717, 1.165) is 18.8 Å². The van der Waals surface area contributed by atoms with Gasteiger partial charge in [0.15, 0.2) is 0 Å². The second-order valence-corrected chi connectivity index (χ2v) is 3.13. The molecule has 0 aliphatic carbocycles. The van der Waals surface area contributed by atoms with Crippen LogP contribution in [-0.4, -0.2) is 16.5 Å². The molecule has 0 aromatic carbocycles. The van der Waals surface area contributed by atoms with Crippen LogP contribution in [0.4, 0.5) is 5.82 Å². The molecule has 1 N–H and O–H groups in total. The van der Waals surface area contributed by atoms with Gasteiger partial charge in [-0.05, 0) is 19.3 Å². The fourth-order valence-electron chi connectivity index (χ4n) is 1.52. The summed E-state index contributed by atoms with van der Waals surface area (Å²) in [6.07, 6.45) is 8.46. The average Bonchev–Trinajstić information content (AvgIpc) is 2.06. The van der Waals surface area contributed by atoms with Crippen molar-refractivity contribution >= 4 is 5.82 Å². The molecule has 1 aliphatic rings. The van der Waals surface area contributed by atoms with E-state index in [1.807, 2.05) is 6.20 Å². The van der Waals surface area contributed by atoms with Crippen LogP contribution in [0.3, 0.4) is 0 Å². The van der Waals surface area contributed by atoms with Crippen LogP contribution in [0.1, 0.15) is 24.8 Å². The number of aryl methyl sites for hydroxylation is 1. The van der Waals surface area contributed by atoms with Gasteiger partial charge in [-0.25, -0.2) is 9.97 Å². The predicted octanol–water partition coefficient (Wildman–Crippen LogP) is 1.61. The van der Waals surface area contributed by atoms with Gasteiger partial charge < -0.3 is 5.32 Å². The number of rotatable bonds is 0. The van der Waals surface area contributed by atoms with Crippen molar-refractivity contribution in [2.75, 3.05) is 11.9 Å². The van der Waals surface area contributed by atoms with Gasteiger partial charge in [-0.1, -0.05) is 6.42 Å². The van der Waals surface area contributed by atoms with E-state index < -0.39 is 0 Å². The highest BCUT2D eigenvalue weighted by Gasteiger charge is 2.05. The molecular formula is C9H13N3. The van der Waals surface area contributed by atoms with E-state index in [4.69, 9.17) is 0 Å². The van der Waals surface area contributed by atoms with Gasteiger partial charge in [0.1, 0.15) is 12.1 Å². The molecule has 0 fully saturated rings. The molecule has 2 heterocycles. The summed E-state index contributed by atoms with van der Waals surface area (Å²) in [5.74, 6) is 1.03. The van der Waals surface area contributed by atoms with Crippen LogP contribution in [-0.2, 0) is 6.42 Å². The lowest BCUT2D eigenvalue weighted by Gasteiger charge is -2.13. The summed E-state index contributed by atoms with van der Waals surface area (Å²) in [7, 11) is 0. The molecule has 1 aromatic rings. The van der Waals surface area contributed by atoms with Gasteiger partial charge in [0.25, 0.3) is 0 Å². The summed E-state index contributed by atoms with van der Waals surface area (Å²) < 4.78 is 0. The average molecular weight is 163 g/mol. The highest BCUT2D eigenvalue weighted by Crippen LogP contribution is 2.16. The summed E-state index contributed by atoms with van der Waals surface area (Å²) in [5, 5.41) is 3.31. The van der Waals surface area contributed by atoms with E-state index in [-0.39, 0.29) is 0 Å². The third kappa shape index (κ3) is 1.55. The van der Waals surface area contributed by atoms with Gasteiger partial charge in [0.2, 0.25) is 0 Å². The molecule has 1 aliphatic heterocycles. The zero-order chi connectivity index (χ0) is 8.23. The molecule has 0 unspecified atom stereocenters. The van der Waals surface area contributed by atoms with Crippen molar-refractivity contribution in [3.63, 3.8) is 0 Å². The number of anilines is 1. The molecule has 0 spiro atoms. The first-order chi connectivity index (χ1) is 5.97. The van der Waals surface area contributed by atoms with E-state index in [1.54, 1.807) is 6.33 Å². The van der Waals surface area contributed by atoms with E-state index >= 15 is 0 Å². The molecule has 2 rings (SSSR count). The Morgan fingerprint density at radius 1 is 1.25 bits per heavy atom. The summed E-state index contributed by atoms with van der Waals surface area (Å²) in [5.41, 5.74) is 1.26. The van der Waals surface area contributed by atoms with Crippen LogP contribution in [0.5, 0.6) is 0 Å². The Labute approximate surface area is 72.2 Å². The lowest BCUT2D eigenvalue weighted by molar-refractivity contribution is 0.680. The Balaban J connectivity index is 2.24. The molecular weight excluding hydrogens is 150 g/mol. The molecule has 0 atom stereocenters. The van der Waals surface area contributed by atoms with Gasteiger partial charge in [-0.2, -0.15) is 0 Å². The normalized spacial score (nSPS) is 17.0. The van der Waals surface area contributed by atoms with Gasteiger partial charge in [-0.15, -0.1) is 0 Å². The smallest absolute Gasteiger partial charge is 0.132 e. The summed E-state index contributed by atoms with van der Waals surface area (Å²) in [6.45, 7) is 1.05. The minimum absolute atomic E-state index is 1.03. The zero-order valence-electron chi connectivity index (χ0n) is 7.08. The van der Waals surface area contributed by atoms with E-state index in [9.17, 15) is 0 Å². The monoisotopic (exact) mass is 163 g/mol. The minimum atomic E-state index is 1.03. The first-order valence-corrected chi connectivity index (χ1v) is 4.49. The lowest BCUT2D eigenvalue weighted by atomic mass is 10.1. The molecule has 0 saturated carbocycles. The topological polar surface area (TPSA) is 37.8 Å². The maximum absolute atomic E-state index is 4.20. The van der Waals surface area contributed by atoms with Crippen LogP contribution in [0.15, 0.2) is 12.5 Å². The van der Waals surface area contributed by atoms with Crippen LogP contribution >= 0.6 is 0 Å². The van der Waals surface area contributed by atoms with Gasteiger partial charge >= 0.3 is 0 Å². The van der Waals surface area contributed by atoms with Crippen molar-refractivity contribution in [3.8, 4) is 0 Å². The van der Waals surface area contributed by atoms with Crippen molar-refractivity contribution in [3.05, 3.63) is 18.1 Å². The molecule has 12 heavy (non-hydrogen) atoms. The Kier molecular flexibility index (Phi) is 2.21. The summed E-state index contributed by atoms with van der Waals surface area (Å²) in [6, 6.07) is 0. The number of nitrogens with zero attached hydrogens (tertiary/aromatic N) is 2. The van der Waals surface area contributed by atoms with Crippen molar-refractivity contribution in [1.82, 2.24) is 9.97 Å². The molecule has 0 saturated heterocycles. The second kappa shape index (κ2) is 3.52. The van der Waals surface area contributed by atoms with E-state index in [0.29, 0.717) is 0 Å². The van der Waals surface area contributed by atoms with Crippen molar-refractivity contribution in [2.45, 2.75) is 25.7 Å². The fraction of sp³-hybridized carbons (Fsp3) is 0.556. The predicted molar refractivity (Wildman–Crippen MR) is 48.1 cm³/mol. The Hall–Kier alpha value is -1.12. The zero-order valence-corrected chi connectivity index (χ0v) is 7.08. The lowest BCUT2D eigenvalue weighted by Crippen LogP contribution is -2.09. The Morgan fingerprint density at radius 2 is 2.25 bits per heavy atom. The largest absolute Gasteiger partial charge is 0.370 e. The maximum atomic E-state index is 4.20. The van der Waals surface area contributed by atoms with Gasteiger partial charge in [-0.3, -0.25) is 0 Å². The Morgan fingerprint density at radius 3 is 3.25 bits per heavy atom. The second-order valence-electron chi connectivity index (χ2n) is 3.13. The molecule has 64 valence electrons. The first-order valence-electron chi connectivity index (χ1n) is 4.49. The minimum Gasteiger partial charge on any atom is -0.370 e. The molecule has 1 aromatic heterocycles. The van der Waals surface area contributed by atoms with Gasteiger partial charge in [0, 0.05) is 18.3 Å².